The number of carboxylic acid groups (broad SMARTS) is 1. The lowest BCUT2D eigenvalue weighted by atomic mass is 9.85. The van der Waals surface area contributed by atoms with Crippen LogP contribution in [0.3, 0.4) is 0 Å². The molecule has 0 aliphatic heterocycles. The van der Waals surface area contributed by atoms with E-state index in [0.29, 0.717) is 0 Å². The van der Waals surface area contributed by atoms with Crippen LogP contribution in [-0.4, -0.2) is 18.2 Å². The molecular formula is C14H20O3. The number of hydrogen-bond acceptors (Lipinski definition) is 2. The summed E-state index contributed by atoms with van der Waals surface area (Å²) in [7, 11) is 1.62. The van der Waals surface area contributed by atoms with Crippen molar-refractivity contribution in [2.24, 2.45) is 5.92 Å². The molecule has 3 heteroatoms. The Kier molecular flexibility index (Phi) is 4.16. The van der Waals surface area contributed by atoms with Crippen LogP contribution in [0.2, 0.25) is 0 Å². The van der Waals surface area contributed by atoms with E-state index in [2.05, 4.69) is 6.07 Å². The maximum atomic E-state index is 11.1. The maximum Gasteiger partial charge on any atom is 0.306 e. The van der Waals surface area contributed by atoms with Crippen LogP contribution in [0.5, 0.6) is 5.75 Å². The molecule has 0 heterocycles. The molecule has 0 aromatic heterocycles. The minimum absolute atomic E-state index is 0.0666. The number of carbonyl (C=O) groups is 1. The number of rotatable bonds is 4. The van der Waals surface area contributed by atoms with Crippen molar-refractivity contribution >= 4 is 5.97 Å². The SMILES string of the molecule is COc1cc(C)cc(C)c1C(C)C(C)C(=O)O. The van der Waals surface area contributed by atoms with Crippen molar-refractivity contribution in [2.45, 2.75) is 33.6 Å². The van der Waals surface area contributed by atoms with Gasteiger partial charge in [0.05, 0.1) is 13.0 Å². The molecule has 0 amide bonds. The van der Waals surface area contributed by atoms with Gasteiger partial charge in [-0.2, -0.15) is 0 Å². The lowest BCUT2D eigenvalue weighted by molar-refractivity contribution is -0.141. The van der Waals surface area contributed by atoms with Gasteiger partial charge in [-0.1, -0.05) is 19.9 Å². The number of aryl methyl sites for hydroxylation is 2. The molecule has 0 aliphatic rings. The molecule has 1 N–H and O–H groups in total. The van der Waals surface area contributed by atoms with Gasteiger partial charge in [0.25, 0.3) is 0 Å². The average molecular weight is 236 g/mol. The molecule has 1 aromatic rings. The van der Waals surface area contributed by atoms with Crippen LogP contribution in [-0.2, 0) is 4.79 Å². The minimum Gasteiger partial charge on any atom is -0.496 e. The molecule has 0 radical (unpaired) electrons. The molecule has 17 heavy (non-hydrogen) atoms. The van der Waals surface area contributed by atoms with Gasteiger partial charge in [-0.05, 0) is 37.0 Å². The monoisotopic (exact) mass is 236 g/mol. The van der Waals surface area contributed by atoms with Gasteiger partial charge < -0.3 is 9.84 Å². The van der Waals surface area contributed by atoms with Crippen molar-refractivity contribution in [1.82, 2.24) is 0 Å². The Labute approximate surface area is 102 Å². The highest BCUT2D eigenvalue weighted by Crippen LogP contribution is 2.35. The molecule has 0 saturated carbocycles. The van der Waals surface area contributed by atoms with Gasteiger partial charge >= 0.3 is 5.97 Å². The number of aliphatic carboxylic acids is 1. The number of hydrogen-bond donors (Lipinski definition) is 1. The van der Waals surface area contributed by atoms with Crippen molar-refractivity contribution < 1.29 is 14.6 Å². The normalized spacial score (nSPS) is 14.2. The zero-order valence-electron chi connectivity index (χ0n) is 11.1. The summed E-state index contributed by atoms with van der Waals surface area (Å²) in [5, 5.41) is 9.08. The summed E-state index contributed by atoms with van der Waals surface area (Å²) in [6, 6.07) is 4.01. The highest BCUT2D eigenvalue weighted by atomic mass is 16.5. The Bertz CT molecular complexity index is 424. The van der Waals surface area contributed by atoms with Crippen LogP contribution in [0.4, 0.5) is 0 Å². The number of methoxy groups -OCH3 is 1. The largest absolute Gasteiger partial charge is 0.496 e. The van der Waals surface area contributed by atoms with Crippen LogP contribution >= 0.6 is 0 Å². The summed E-state index contributed by atoms with van der Waals surface area (Å²) < 4.78 is 5.37. The summed E-state index contributed by atoms with van der Waals surface area (Å²) >= 11 is 0. The Morgan fingerprint density at radius 3 is 2.35 bits per heavy atom. The van der Waals surface area contributed by atoms with E-state index in [0.717, 1.165) is 22.4 Å². The van der Waals surface area contributed by atoms with Crippen LogP contribution in [0.15, 0.2) is 12.1 Å². The fourth-order valence-electron chi connectivity index (χ4n) is 2.16. The van der Waals surface area contributed by atoms with E-state index in [1.807, 2.05) is 26.8 Å². The van der Waals surface area contributed by atoms with Crippen LogP contribution in [0.25, 0.3) is 0 Å². The Hall–Kier alpha value is -1.51. The molecule has 2 unspecified atom stereocenters. The molecule has 0 aliphatic carbocycles. The van der Waals surface area contributed by atoms with Gasteiger partial charge in [0.15, 0.2) is 0 Å². The minimum atomic E-state index is -0.778. The highest BCUT2D eigenvalue weighted by Gasteiger charge is 2.25. The van der Waals surface area contributed by atoms with E-state index in [4.69, 9.17) is 9.84 Å². The van der Waals surface area contributed by atoms with Gasteiger partial charge in [0.2, 0.25) is 0 Å². The lowest BCUT2D eigenvalue weighted by Gasteiger charge is -2.22. The van der Waals surface area contributed by atoms with Crippen LogP contribution < -0.4 is 4.74 Å². The van der Waals surface area contributed by atoms with Crippen molar-refractivity contribution in [3.63, 3.8) is 0 Å². The first-order chi connectivity index (χ1) is 7.88. The second-order valence-corrected chi connectivity index (χ2v) is 4.61. The molecule has 2 atom stereocenters. The smallest absolute Gasteiger partial charge is 0.306 e. The first kappa shape index (κ1) is 13.6. The van der Waals surface area contributed by atoms with Crippen LogP contribution in [0, 0.1) is 19.8 Å². The van der Waals surface area contributed by atoms with Crippen molar-refractivity contribution in [3.05, 3.63) is 28.8 Å². The van der Waals surface area contributed by atoms with Crippen molar-refractivity contribution in [3.8, 4) is 5.75 Å². The van der Waals surface area contributed by atoms with Gasteiger partial charge in [-0.15, -0.1) is 0 Å². The summed E-state index contributed by atoms with van der Waals surface area (Å²) in [6.45, 7) is 7.66. The van der Waals surface area contributed by atoms with Crippen molar-refractivity contribution in [1.29, 1.82) is 0 Å². The van der Waals surface area contributed by atoms with E-state index >= 15 is 0 Å². The van der Waals surface area contributed by atoms with E-state index in [1.165, 1.54) is 0 Å². The number of carboxylic acids is 1. The lowest BCUT2D eigenvalue weighted by Crippen LogP contribution is -2.18. The van der Waals surface area contributed by atoms with Gasteiger partial charge in [-0.25, -0.2) is 0 Å². The summed E-state index contributed by atoms with van der Waals surface area (Å²) in [6.07, 6.45) is 0. The van der Waals surface area contributed by atoms with E-state index in [9.17, 15) is 4.79 Å². The third-order valence-electron chi connectivity index (χ3n) is 3.31. The first-order valence-corrected chi connectivity index (χ1v) is 5.76. The zero-order valence-corrected chi connectivity index (χ0v) is 11.1. The molecule has 0 spiro atoms. The predicted octanol–water partition coefficient (Wildman–Crippen LogP) is 3.14. The van der Waals surface area contributed by atoms with Gasteiger partial charge in [-0.3, -0.25) is 4.79 Å². The Balaban J connectivity index is 3.25. The van der Waals surface area contributed by atoms with Gasteiger partial charge in [0.1, 0.15) is 5.75 Å². The van der Waals surface area contributed by atoms with E-state index < -0.39 is 11.9 Å². The quantitative estimate of drug-likeness (QED) is 0.873. The van der Waals surface area contributed by atoms with E-state index in [1.54, 1.807) is 14.0 Å². The van der Waals surface area contributed by atoms with Crippen molar-refractivity contribution in [2.75, 3.05) is 7.11 Å². The second kappa shape index (κ2) is 5.21. The second-order valence-electron chi connectivity index (χ2n) is 4.61. The maximum absolute atomic E-state index is 11.1. The zero-order chi connectivity index (χ0) is 13.2. The first-order valence-electron chi connectivity index (χ1n) is 5.76. The topological polar surface area (TPSA) is 46.5 Å². The third-order valence-corrected chi connectivity index (χ3v) is 3.31. The Morgan fingerprint density at radius 2 is 1.88 bits per heavy atom. The molecule has 1 rings (SSSR count). The summed E-state index contributed by atoms with van der Waals surface area (Å²) in [4.78, 5) is 11.1. The number of benzene rings is 1. The summed E-state index contributed by atoms with van der Waals surface area (Å²) in [5.74, 6) is -0.490. The highest BCUT2D eigenvalue weighted by molar-refractivity contribution is 5.71. The Morgan fingerprint density at radius 1 is 1.29 bits per heavy atom. The molecule has 0 bridgehead atoms. The fourth-order valence-corrected chi connectivity index (χ4v) is 2.16. The molecule has 94 valence electrons. The average Bonchev–Trinajstić information content (AvgIpc) is 2.25. The molecular weight excluding hydrogens is 216 g/mol. The molecule has 1 aromatic carbocycles. The molecule has 3 nitrogen and oxygen atoms in total. The van der Waals surface area contributed by atoms with Crippen LogP contribution in [0.1, 0.15) is 36.5 Å². The van der Waals surface area contributed by atoms with E-state index in [-0.39, 0.29) is 5.92 Å². The number of ether oxygens (including phenoxy) is 1. The fraction of sp³-hybridized carbons (Fsp3) is 0.500. The van der Waals surface area contributed by atoms with Gasteiger partial charge in [0, 0.05) is 5.56 Å². The predicted molar refractivity (Wildman–Crippen MR) is 67.7 cm³/mol. The molecule has 0 fully saturated rings. The summed E-state index contributed by atoms with van der Waals surface area (Å²) in [5.41, 5.74) is 3.20. The standard InChI is InChI=1S/C14H20O3/c1-8-6-9(2)13(12(7-8)17-5)10(3)11(4)14(15)16/h6-7,10-11H,1-5H3,(H,15,16). The third kappa shape index (κ3) is 2.78. The molecule has 0 saturated heterocycles.